The highest BCUT2D eigenvalue weighted by Gasteiger charge is 2.02. The Kier molecular flexibility index (Phi) is 8.01. The highest BCUT2D eigenvalue weighted by Crippen LogP contribution is 2.11. The van der Waals surface area contributed by atoms with E-state index in [2.05, 4.69) is 71.1 Å². The Morgan fingerprint density at radius 3 is 2.00 bits per heavy atom. The van der Waals surface area contributed by atoms with Gasteiger partial charge in [-0.1, -0.05) is 60.7 Å². The van der Waals surface area contributed by atoms with Crippen molar-refractivity contribution in [3.8, 4) is 0 Å². The fourth-order valence-electron chi connectivity index (χ4n) is 2.62. The van der Waals surface area contributed by atoms with Gasteiger partial charge < -0.3 is 5.32 Å². The number of guanidine groups is 1. The minimum Gasteiger partial charge on any atom is -0.353 e. The van der Waals surface area contributed by atoms with Gasteiger partial charge in [0.15, 0.2) is 0 Å². The largest absolute Gasteiger partial charge is 0.353 e. The van der Waals surface area contributed by atoms with Crippen molar-refractivity contribution < 1.29 is 0 Å². The van der Waals surface area contributed by atoms with E-state index in [4.69, 9.17) is 0 Å². The van der Waals surface area contributed by atoms with Crippen LogP contribution in [0, 0.1) is 13.8 Å². The molecule has 0 radical (unpaired) electrons. The smallest absolute Gasteiger partial charge is 0.212 e. The topological polar surface area (TPSA) is 48.8 Å². The molecule has 0 amide bonds. The van der Waals surface area contributed by atoms with Crippen molar-refractivity contribution in [3.05, 3.63) is 82.9 Å². The molecule has 2 aromatic rings. The van der Waals surface area contributed by atoms with Crippen LogP contribution in [0.25, 0.3) is 12.2 Å². The molecule has 0 unspecified atom stereocenters. The lowest BCUT2D eigenvalue weighted by Gasteiger charge is -2.03. The van der Waals surface area contributed by atoms with Crippen LogP contribution in [0.1, 0.15) is 22.3 Å². The predicted octanol–water partition coefficient (Wildman–Crippen LogP) is 4.51. The number of benzene rings is 2. The first-order chi connectivity index (χ1) is 12.7. The quantitative estimate of drug-likeness (QED) is 0.547. The maximum atomic E-state index is 4.49. The molecule has 3 rings (SSSR count). The maximum Gasteiger partial charge on any atom is 0.212 e. The molecule has 0 aliphatic carbocycles. The summed E-state index contributed by atoms with van der Waals surface area (Å²) in [5.41, 5.74) is 8.67. The second-order valence-electron chi connectivity index (χ2n) is 6.19. The number of nitrogens with one attached hydrogen (secondary N) is 2. The van der Waals surface area contributed by atoms with Gasteiger partial charge in [0, 0.05) is 6.54 Å². The SMILES string of the molecule is Br.Cc1ccccc1C=CC(C=Cc1ccccc1C)=NNC1=NCCN1. The molecule has 0 saturated heterocycles. The second kappa shape index (κ2) is 10.5. The van der Waals surface area contributed by atoms with Gasteiger partial charge in [-0.05, 0) is 48.3 Å². The molecule has 2 N–H and O–H groups in total. The Hall–Kier alpha value is -2.66. The van der Waals surface area contributed by atoms with E-state index >= 15 is 0 Å². The van der Waals surface area contributed by atoms with E-state index in [9.17, 15) is 0 Å². The fourth-order valence-corrected chi connectivity index (χ4v) is 2.62. The molecule has 0 fully saturated rings. The molecule has 0 spiro atoms. The zero-order valence-corrected chi connectivity index (χ0v) is 17.4. The molecule has 1 heterocycles. The van der Waals surface area contributed by atoms with Crippen molar-refractivity contribution in [2.45, 2.75) is 13.8 Å². The number of hydrazone groups is 1. The Morgan fingerprint density at radius 1 is 0.963 bits per heavy atom. The molecule has 1 aliphatic rings. The van der Waals surface area contributed by atoms with Gasteiger partial charge in [-0.3, -0.25) is 0 Å². The van der Waals surface area contributed by atoms with Gasteiger partial charge in [-0.15, -0.1) is 17.0 Å². The fraction of sp³-hybridized carbons (Fsp3) is 0.182. The number of aryl methyl sites for hydroxylation is 2. The van der Waals surface area contributed by atoms with E-state index in [1.54, 1.807) is 0 Å². The Labute approximate surface area is 171 Å². The highest BCUT2D eigenvalue weighted by atomic mass is 79.9. The van der Waals surface area contributed by atoms with E-state index < -0.39 is 0 Å². The first-order valence-electron chi connectivity index (χ1n) is 8.82. The summed E-state index contributed by atoms with van der Waals surface area (Å²) in [7, 11) is 0. The molecule has 27 heavy (non-hydrogen) atoms. The van der Waals surface area contributed by atoms with Crippen molar-refractivity contribution in [2.75, 3.05) is 13.1 Å². The van der Waals surface area contributed by atoms with Gasteiger partial charge in [0.05, 0.1) is 12.3 Å². The van der Waals surface area contributed by atoms with Gasteiger partial charge in [0.2, 0.25) is 5.96 Å². The van der Waals surface area contributed by atoms with Gasteiger partial charge in [0.1, 0.15) is 0 Å². The van der Waals surface area contributed by atoms with E-state index in [1.165, 1.54) is 22.3 Å². The third-order valence-corrected chi connectivity index (χ3v) is 4.21. The lowest BCUT2D eigenvalue weighted by atomic mass is 10.1. The first kappa shape index (κ1) is 20.6. The van der Waals surface area contributed by atoms with Gasteiger partial charge in [-0.25, -0.2) is 10.4 Å². The average molecular weight is 425 g/mol. The molecule has 0 aromatic heterocycles. The van der Waals surface area contributed by atoms with Crippen LogP contribution in [-0.2, 0) is 0 Å². The van der Waals surface area contributed by atoms with Crippen molar-refractivity contribution in [2.24, 2.45) is 10.1 Å². The van der Waals surface area contributed by atoms with E-state index in [0.717, 1.165) is 24.8 Å². The summed E-state index contributed by atoms with van der Waals surface area (Å²) in [4.78, 5) is 4.31. The summed E-state index contributed by atoms with van der Waals surface area (Å²) < 4.78 is 0. The monoisotopic (exact) mass is 424 g/mol. The zero-order chi connectivity index (χ0) is 18.2. The van der Waals surface area contributed by atoms with Gasteiger partial charge in [-0.2, -0.15) is 5.10 Å². The molecular weight excluding hydrogens is 400 g/mol. The van der Waals surface area contributed by atoms with Crippen molar-refractivity contribution >= 4 is 40.8 Å². The minimum atomic E-state index is 0. The van der Waals surface area contributed by atoms with Crippen LogP contribution in [0.15, 0.2) is 70.8 Å². The number of hydrogen-bond acceptors (Lipinski definition) is 4. The molecular formula is C22H25BrN4. The Morgan fingerprint density at radius 2 is 1.52 bits per heavy atom. The molecule has 0 atom stereocenters. The highest BCUT2D eigenvalue weighted by molar-refractivity contribution is 8.93. The lowest BCUT2D eigenvalue weighted by molar-refractivity contribution is 0.918. The summed E-state index contributed by atoms with van der Waals surface area (Å²) in [6.07, 6.45) is 8.20. The third-order valence-electron chi connectivity index (χ3n) is 4.21. The predicted molar refractivity (Wildman–Crippen MR) is 122 cm³/mol. The van der Waals surface area contributed by atoms with Crippen molar-refractivity contribution in [1.29, 1.82) is 0 Å². The normalized spacial score (nSPS) is 13.2. The van der Waals surface area contributed by atoms with Crippen LogP contribution in [0.5, 0.6) is 0 Å². The van der Waals surface area contributed by atoms with Gasteiger partial charge in [0.25, 0.3) is 0 Å². The molecule has 4 nitrogen and oxygen atoms in total. The minimum absolute atomic E-state index is 0. The molecule has 2 aromatic carbocycles. The maximum absolute atomic E-state index is 4.49. The lowest BCUT2D eigenvalue weighted by Crippen LogP contribution is -2.30. The van der Waals surface area contributed by atoms with Crippen molar-refractivity contribution in [1.82, 2.24) is 10.7 Å². The number of rotatable bonds is 5. The number of allylic oxidation sites excluding steroid dienone is 2. The average Bonchev–Trinajstić information content (AvgIpc) is 3.17. The van der Waals surface area contributed by atoms with Gasteiger partial charge >= 0.3 is 0 Å². The number of aliphatic imine (C=N–C) groups is 1. The molecule has 0 saturated carbocycles. The van der Waals surface area contributed by atoms with Crippen LogP contribution in [0.3, 0.4) is 0 Å². The summed E-state index contributed by atoms with van der Waals surface area (Å²) >= 11 is 0. The van der Waals surface area contributed by atoms with E-state index in [-0.39, 0.29) is 17.0 Å². The summed E-state index contributed by atoms with van der Waals surface area (Å²) in [6.45, 7) is 5.85. The van der Waals surface area contributed by atoms with E-state index in [1.807, 2.05) is 36.4 Å². The molecule has 1 aliphatic heterocycles. The molecule has 0 bridgehead atoms. The summed E-state index contributed by atoms with van der Waals surface area (Å²) in [5.74, 6) is 0.719. The van der Waals surface area contributed by atoms with Crippen LogP contribution >= 0.6 is 17.0 Å². The Bertz CT molecular complexity index is 824. The Balaban J connectivity index is 0.00000261. The number of nitrogens with zero attached hydrogens (tertiary/aromatic N) is 2. The third kappa shape index (κ3) is 6.22. The molecule has 140 valence electrons. The van der Waals surface area contributed by atoms with Crippen LogP contribution < -0.4 is 10.7 Å². The first-order valence-corrected chi connectivity index (χ1v) is 8.82. The number of halogens is 1. The molecule has 5 heteroatoms. The van der Waals surface area contributed by atoms with E-state index in [0.29, 0.717) is 0 Å². The van der Waals surface area contributed by atoms with Crippen LogP contribution in [0.2, 0.25) is 0 Å². The summed E-state index contributed by atoms with van der Waals surface area (Å²) in [5, 5.41) is 7.66. The summed E-state index contributed by atoms with van der Waals surface area (Å²) in [6, 6.07) is 16.6. The van der Waals surface area contributed by atoms with Crippen LogP contribution in [0.4, 0.5) is 0 Å². The van der Waals surface area contributed by atoms with Crippen molar-refractivity contribution in [3.63, 3.8) is 0 Å². The number of hydrogen-bond donors (Lipinski definition) is 2. The van der Waals surface area contributed by atoms with Crippen LogP contribution in [-0.4, -0.2) is 24.8 Å². The zero-order valence-electron chi connectivity index (χ0n) is 15.6. The standard InChI is InChI=1S/C22H24N4.BrH/c1-17-7-3-5-9-19(17)11-13-21(25-26-22-23-15-16-24-22)14-12-20-10-6-4-8-18(20)2;/h3-14H,15-16H2,1-2H3,(H2,23,24,26);1H. The second-order valence-corrected chi connectivity index (χ2v) is 6.19.